The smallest absolute Gasteiger partial charge is 0.0619 e. The molecule has 2 heteroatoms. The maximum atomic E-state index is 10.1. The first-order chi connectivity index (χ1) is 6.91. The number of aliphatic hydroxyl groups is 1. The number of nitrogens with two attached hydrogens (primary N) is 1. The van der Waals surface area contributed by atoms with E-state index in [2.05, 4.69) is 6.92 Å². The van der Waals surface area contributed by atoms with Crippen molar-refractivity contribution in [3.63, 3.8) is 0 Å². The van der Waals surface area contributed by atoms with Gasteiger partial charge in [0.15, 0.2) is 0 Å². The summed E-state index contributed by atoms with van der Waals surface area (Å²) in [6.07, 6.45) is 9.95. The number of hydrogen-bond acceptors (Lipinski definition) is 2. The maximum Gasteiger partial charge on any atom is 0.0619 e. The van der Waals surface area contributed by atoms with E-state index in [1.54, 1.807) is 0 Å². The Balaban J connectivity index is 2.44. The van der Waals surface area contributed by atoms with Crippen molar-refractivity contribution in [1.82, 2.24) is 0 Å². The van der Waals surface area contributed by atoms with Crippen LogP contribution in [0.4, 0.5) is 0 Å². The van der Waals surface area contributed by atoms with E-state index in [-0.39, 0.29) is 5.54 Å². The number of hydrogen-bond donors (Lipinski definition) is 2. The molecule has 2 nitrogen and oxygen atoms in total. The van der Waals surface area contributed by atoms with E-state index in [0.29, 0.717) is 0 Å². The van der Waals surface area contributed by atoms with Gasteiger partial charge in [0.05, 0.1) is 5.60 Å². The molecule has 2 unspecified atom stereocenters. The van der Waals surface area contributed by atoms with Crippen LogP contribution in [-0.4, -0.2) is 16.2 Å². The molecule has 0 amide bonds. The molecule has 1 aliphatic carbocycles. The average Bonchev–Trinajstić information content (AvgIpc) is 2.13. The van der Waals surface area contributed by atoms with Gasteiger partial charge in [0.2, 0.25) is 0 Å². The van der Waals surface area contributed by atoms with Crippen LogP contribution in [0.15, 0.2) is 0 Å². The lowest BCUT2D eigenvalue weighted by molar-refractivity contribution is 0.0370. The molecule has 2 atom stereocenters. The quantitative estimate of drug-likeness (QED) is 0.650. The highest BCUT2D eigenvalue weighted by Crippen LogP contribution is 2.26. The normalized spacial score (nSPS) is 40.8. The van der Waals surface area contributed by atoms with E-state index in [0.717, 1.165) is 44.9 Å². The van der Waals surface area contributed by atoms with Crippen LogP contribution in [0.25, 0.3) is 0 Å². The summed E-state index contributed by atoms with van der Waals surface area (Å²) >= 11 is 0. The first-order valence-corrected chi connectivity index (χ1v) is 6.43. The summed E-state index contributed by atoms with van der Waals surface area (Å²) in [5.74, 6) is 0. The Morgan fingerprint density at radius 2 is 1.20 bits per heavy atom. The van der Waals surface area contributed by atoms with Crippen molar-refractivity contribution in [2.24, 2.45) is 5.73 Å². The predicted molar refractivity (Wildman–Crippen MR) is 64.8 cm³/mol. The molecular formula is C13H27NO. The van der Waals surface area contributed by atoms with Gasteiger partial charge >= 0.3 is 0 Å². The van der Waals surface area contributed by atoms with Gasteiger partial charge in [-0.1, -0.05) is 32.1 Å². The van der Waals surface area contributed by atoms with Crippen molar-refractivity contribution in [1.29, 1.82) is 0 Å². The highest BCUT2D eigenvalue weighted by molar-refractivity contribution is 4.81. The minimum Gasteiger partial charge on any atom is -0.390 e. The van der Waals surface area contributed by atoms with Crippen molar-refractivity contribution < 1.29 is 5.11 Å². The fraction of sp³-hybridized carbons (Fsp3) is 1.00. The largest absolute Gasteiger partial charge is 0.390 e. The third-order valence-corrected chi connectivity index (χ3v) is 3.68. The Kier molecular flexibility index (Phi) is 4.60. The van der Waals surface area contributed by atoms with Gasteiger partial charge in [-0.3, -0.25) is 0 Å². The summed E-state index contributed by atoms with van der Waals surface area (Å²) in [4.78, 5) is 0. The van der Waals surface area contributed by atoms with Gasteiger partial charge in [-0.05, 0) is 39.5 Å². The van der Waals surface area contributed by atoms with Gasteiger partial charge in [-0.25, -0.2) is 0 Å². The van der Waals surface area contributed by atoms with E-state index in [4.69, 9.17) is 5.73 Å². The zero-order chi connectivity index (χ0) is 11.4. The monoisotopic (exact) mass is 213 g/mol. The highest BCUT2D eigenvalue weighted by Gasteiger charge is 2.23. The van der Waals surface area contributed by atoms with Crippen molar-refractivity contribution >= 4 is 0 Å². The Labute approximate surface area is 94.2 Å². The Bertz CT molecular complexity index is 167. The molecule has 0 aromatic heterocycles. The zero-order valence-electron chi connectivity index (χ0n) is 10.4. The van der Waals surface area contributed by atoms with E-state index in [1.165, 1.54) is 12.8 Å². The summed E-state index contributed by atoms with van der Waals surface area (Å²) in [5.41, 5.74) is 5.81. The lowest BCUT2D eigenvalue weighted by atomic mass is 9.89. The van der Waals surface area contributed by atoms with Crippen LogP contribution >= 0.6 is 0 Å². The minimum atomic E-state index is -0.435. The van der Waals surface area contributed by atoms with Gasteiger partial charge in [0.1, 0.15) is 0 Å². The summed E-state index contributed by atoms with van der Waals surface area (Å²) in [5, 5.41) is 10.1. The minimum absolute atomic E-state index is 0.0240. The second kappa shape index (κ2) is 5.31. The van der Waals surface area contributed by atoms with E-state index in [9.17, 15) is 5.11 Å². The summed E-state index contributed by atoms with van der Waals surface area (Å²) < 4.78 is 0. The molecule has 0 spiro atoms. The molecule has 1 fully saturated rings. The predicted octanol–water partition coefficient (Wildman–Crippen LogP) is 2.98. The summed E-state index contributed by atoms with van der Waals surface area (Å²) in [6, 6.07) is 0. The first kappa shape index (κ1) is 13.0. The molecule has 0 saturated heterocycles. The standard InChI is InChI=1S/C13H27NO/c1-12(14)8-4-3-5-10-13(2,15)11-7-6-9-12/h15H,3-11,14H2,1-2H3. The molecule has 0 bridgehead atoms. The van der Waals surface area contributed by atoms with E-state index >= 15 is 0 Å². The molecule has 0 aromatic rings. The van der Waals surface area contributed by atoms with Gasteiger partial charge in [-0.15, -0.1) is 0 Å². The second-order valence-electron chi connectivity index (χ2n) is 5.92. The SMILES string of the molecule is CC1(N)CCCCCC(C)(O)CCCC1. The molecular weight excluding hydrogens is 186 g/mol. The van der Waals surface area contributed by atoms with Crippen LogP contribution < -0.4 is 5.73 Å². The molecule has 1 rings (SSSR count). The van der Waals surface area contributed by atoms with Crippen LogP contribution in [0.3, 0.4) is 0 Å². The van der Waals surface area contributed by atoms with Crippen molar-refractivity contribution in [2.45, 2.75) is 82.8 Å². The fourth-order valence-corrected chi connectivity index (χ4v) is 2.50. The molecule has 0 aliphatic heterocycles. The van der Waals surface area contributed by atoms with Crippen molar-refractivity contribution in [2.75, 3.05) is 0 Å². The van der Waals surface area contributed by atoms with Crippen LogP contribution in [0, 0.1) is 0 Å². The van der Waals surface area contributed by atoms with Gasteiger partial charge in [0, 0.05) is 5.54 Å². The third-order valence-electron chi connectivity index (χ3n) is 3.68. The third kappa shape index (κ3) is 5.53. The van der Waals surface area contributed by atoms with Gasteiger partial charge in [0.25, 0.3) is 0 Å². The molecule has 1 saturated carbocycles. The Hall–Kier alpha value is -0.0800. The Morgan fingerprint density at radius 1 is 0.800 bits per heavy atom. The lowest BCUT2D eigenvalue weighted by Crippen LogP contribution is -2.35. The molecule has 3 N–H and O–H groups in total. The van der Waals surface area contributed by atoms with Gasteiger partial charge < -0.3 is 10.8 Å². The van der Waals surface area contributed by atoms with E-state index < -0.39 is 5.60 Å². The van der Waals surface area contributed by atoms with Crippen LogP contribution in [0.2, 0.25) is 0 Å². The molecule has 15 heavy (non-hydrogen) atoms. The summed E-state index contributed by atoms with van der Waals surface area (Å²) in [7, 11) is 0. The van der Waals surface area contributed by atoms with Crippen LogP contribution in [0.1, 0.15) is 71.6 Å². The zero-order valence-corrected chi connectivity index (χ0v) is 10.4. The maximum absolute atomic E-state index is 10.1. The fourth-order valence-electron chi connectivity index (χ4n) is 2.50. The van der Waals surface area contributed by atoms with E-state index in [1.807, 2.05) is 6.92 Å². The Morgan fingerprint density at radius 3 is 1.80 bits per heavy atom. The van der Waals surface area contributed by atoms with Crippen molar-refractivity contribution in [3.05, 3.63) is 0 Å². The first-order valence-electron chi connectivity index (χ1n) is 6.43. The van der Waals surface area contributed by atoms with Crippen LogP contribution in [0.5, 0.6) is 0 Å². The topological polar surface area (TPSA) is 46.2 Å². The molecule has 90 valence electrons. The molecule has 0 heterocycles. The lowest BCUT2D eigenvalue weighted by Gasteiger charge is -2.24. The van der Waals surface area contributed by atoms with Crippen LogP contribution in [-0.2, 0) is 0 Å². The second-order valence-corrected chi connectivity index (χ2v) is 5.92. The number of rotatable bonds is 0. The van der Waals surface area contributed by atoms with Crippen molar-refractivity contribution in [3.8, 4) is 0 Å². The molecule has 1 aliphatic rings. The molecule has 0 aromatic carbocycles. The van der Waals surface area contributed by atoms with Gasteiger partial charge in [-0.2, -0.15) is 0 Å². The summed E-state index contributed by atoms with van der Waals surface area (Å²) in [6.45, 7) is 4.15. The highest BCUT2D eigenvalue weighted by atomic mass is 16.3. The molecule has 0 radical (unpaired) electrons. The average molecular weight is 213 g/mol.